The lowest BCUT2D eigenvalue weighted by molar-refractivity contribution is 0.400. The number of H-pyrrole nitrogens is 1. The van der Waals surface area contributed by atoms with E-state index in [0.717, 1.165) is 44.9 Å². The zero-order valence-corrected chi connectivity index (χ0v) is 13.0. The van der Waals surface area contributed by atoms with E-state index in [1.54, 1.807) is 7.11 Å². The smallest absolute Gasteiger partial charge is 0.143 e. The normalized spacial score (nSPS) is 11.0. The maximum Gasteiger partial charge on any atom is 0.143 e. The van der Waals surface area contributed by atoms with Crippen LogP contribution in [0.15, 0.2) is 59.1 Å². The van der Waals surface area contributed by atoms with Crippen molar-refractivity contribution in [1.29, 1.82) is 0 Å². The first-order chi connectivity index (χ1) is 11.3. The lowest BCUT2D eigenvalue weighted by Gasteiger charge is -2.00. The van der Waals surface area contributed by atoms with E-state index in [0.29, 0.717) is 0 Å². The van der Waals surface area contributed by atoms with Crippen LogP contribution in [0.4, 0.5) is 0 Å². The van der Waals surface area contributed by atoms with Gasteiger partial charge in [0.2, 0.25) is 0 Å². The van der Waals surface area contributed by atoms with Gasteiger partial charge in [0, 0.05) is 16.5 Å². The second-order valence-electron chi connectivity index (χ2n) is 5.46. The van der Waals surface area contributed by atoms with Crippen molar-refractivity contribution < 1.29 is 9.26 Å². The van der Waals surface area contributed by atoms with E-state index in [2.05, 4.69) is 16.2 Å². The Kier molecular flexibility index (Phi) is 3.15. The van der Waals surface area contributed by atoms with Crippen molar-refractivity contribution >= 4 is 10.9 Å². The van der Waals surface area contributed by atoms with E-state index in [9.17, 15) is 0 Å². The average molecular weight is 304 g/mol. The largest absolute Gasteiger partial charge is 0.497 e. The standard InChI is InChI=1S/C19H16N2O2/c1-12-18(19(21-23-12)13-6-4-3-5-7-13)17-11-14-10-15(22-2)8-9-16(14)20-17/h3-11,20H,1-2H3. The summed E-state index contributed by atoms with van der Waals surface area (Å²) in [7, 11) is 1.67. The second kappa shape index (κ2) is 5.32. The summed E-state index contributed by atoms with van der Waals surface area (Å²) in [5, 5.41) is 5.34. The number of aromatic nitrogens is 2. The van der Waals surface area contributed by atoms with Crippen LogP contribution in [0.2, 0.25) is 0 Å². The molecule has 0 aliphatic rings. The van der Waals surface area contributed by atoms with Gasteiger partial charge in [-0.25, -0.2) is 0 Å². The topological polar surface area (TPSA) is 51.0 Å². The summed E-state index contributed by atoms with van der Waals surface area (Å²) < 4.78 is 10.7. The minimum absolute atomic E-state index is 0.794. The fraction of sp³-hybridized carbons (Fsp3) is 0.105. The van der Waals surface area contributed by atoms with E-state index in [-0.39, 0.29) is 0 Å². The van der Waals surface area contributed by atoms with Crippen molar-refractivity contribution in [3.05, 3.63) is 60.4 Å². The Bertz CT molecular complexity index is 968. The third-order valence-electron chi connectivity index (χ3n) is 4.01. The van der Waals surface area contributed by atoms with Gasteiger partial charge in [-0.1, -0.05) is 35.5 Å². The first-order valence-electron chi connectivity index (χ1n) is 7.45. The van der Waals surface area contributed by atoms with Gasteiger partial charge in [0.1, 0.15) is 17.2 Å². The van der Waals surface area contributed by atoms with Gasteiger partial charge in [-0.3, -0.25) is 0 Å². The zero-order valence-electron chi connectivity index (χ0n) is 13.0. The maximum absolute atomic E-state index is 5.45. The highest BCUT2D eigenvalue weighted by Crippen LogP contribution is 2.35. The molecule has 0 radical (unpaired) electrons. The van der Waals surface area contributed by atoms with E-state index in [1.165, 1.54) is 0 Å². The van der Waals surface area contributed by atoms with Crippen molar-refractivity contribution in [3.63, 3.8) is 0 Å². The molecule has 2 aromatic carbocycles. The number of hydrogen-bond acceptors (Lipinski definition) is 3. The van der Waals surface area contributed by atoms with E-state index >= 15 is 0 Å². The summed E-state index contributed by atoms with van der Waals surface area (Å²) in [6.45, 7) is 1.93. The molecule has 4 heteroatoms. The molecule has 4 rings (SSSR count). The molecule has 0 aliphatic carbocycles. The summed E-state index contributed by atoms with van der Waals surface area (Å²) in [4.78, 5) is 3.44. The molecule has 0 atom stereocenters. The predicted octanol–water partition coefficient (Wildman–Crippen LogP) is 4.81. The van der Waals surface area contributed by atoms with Gasteiger partial charge in [0.15, 0.2) is 0 Å². The molecule has 0 amide bonds. The highest BCUT2D eigenvalue weighted by molar-refractivity contribution is 5.90. The molecule has 2 heterocycles. The minimum Gasteiger partial charge on any atom is -0.497 e. The molecule has 114 valence electrons. The number of nitrogens with one attached hydrogen (secondary N) is 1. The van der Waals surface area contributed by atoms with Gasteiger partial charge < -0.3 is 14.2 Å². The van der Waals surface area contributed by atoms with Crippen LogP contribution in [0.25, 0.3) is 33.4 Å². The lowest BCUT2D eigenvalue weighted by Crippen LogP contribution is -1.83. The molecule has 0 fully saturated rings. The Labute approximate surface area is 133 Å². The van der Waals surface area contributed by atoms with Crippen LogP contribution in [-0.4, -0.2) is 17.3 Å². The van der Waals surface area contributed by atoms with Crippen LogP contribution < -0.4 is 4.74 Å². The summed E-state index contributed by atoms with van der Waals surface area (Å²) in [5.41, 5.74) is 4.93. The lowest BCUT2D eigenvalue weighted by atomic mass is 10.0. The number of nitrogens with zero attached hydrogens (tertiary/aromatic N) is 1. The van der Waals surface area contributed by atoms with Crippen LogP contribution in [0.3, 0.4) is 0 Å². The van der Waals surface area contributed by atoms with Gasteiger partial charge >= 0.3 is 0 Å². The van der Waals surface area contributed by atoms with Crippen LogP contribution >= 0.6 is 0 Å². The molecule has 0 aliphatic heterocycles. The van der Waals surface area contributed by atoms with Crippen LogP contribution in [0.5, 0.6) is 5.75 Å². The van der Waals surface area contributed by atoms with E-state index < -0.39 is 0 Å². The molecular weight excluding hydrogens is 288 g/mol. The Morgan fingerprint density at radius 2 is 1.87 bits per heavy atom. The summed E-state index contributed by atoms with van der Waals surface area (Å²) in [6, 6.07) is 18.1. The molecule has 4 aromatic rings. The van der Waals surface area contributed by atoms with Gasteiger partial charge in [-0.2, -0.15) is 0 Å². The maximum atomic E-state index is 5.45. The van der Waals surface area contributed by atoms with Crippen LogP contribution in [-0.2, 0) is 0 Å². The van der Waals surface area contributed by atoms with Crippen molar-refractivity contribution in [2.45, 2.75) is 6.92 Å². The van der Waals surface area contributed by atoms with Crippen molar-refractivity contribution in [2.75, 3.05) is 7.11 Å². The number of aromatic amines is 1. The molecular formula is C19H16N2O2. The minimum atomic E-state index is 0.794. The number of benzene rings is 2. The summed E-state index contributed by atoms with van der Waals surface area (Å²) in [5.74, 6) is 1.63. The number of hydrogen-bond donors (Lipinski definition) is 1. The summed E-state index contributed by atoms with van der Waals surface area (Å²) >= 11 is 0. The van der Waals surface area contributed by atoms with Crippen molar-refractivity contribution in [1.82, 2.24) is 10.1 Å². The van der Waals surface area contributed by atoms with E-state index in [4.69, 9.17) is 9.26 Å². The number of methoxy groups -OCH3 is 1. The van der Waals surface area contributed by atoms with Crippen LogP contribution in [0, 0.1) is 6.92 Å². The Morgan fingerprint density at radius 1 is 1.04 bits per heavy atom. The SMILES string of the molecule is COc1ccc2[nH]c(-c3c(-c4ccccc4)noc3C)cc2c1. The number of rotatable bonds is 3. The molecule has 0 saturated carbocycles. The fourth-order valence-corrected chi connectivity index (χ4v) is 2.85. The van der Waals surface area contributed by atoms with Gasteiger partial charge in [-0.05, 0) is 31.2 Å². The van der Waals surface area contributed by atoms with Crippen LogP contribution in [0.1, 0.15) is 5.76 Å². The Hall–Kier alpha value is -3.01. The Morgan fingerprint density at radius 3 is 2.65 bits per heavy atom. The Balaban J connectivity index is 1.89. The quantitative estimate of drug-likeness (QED) is 0.591. The molecule has 2 aromatic heterocycles. The predicted molar refractivity (Wildman–Crippen MR) is 90.5 cm³/mol. The zero-order chi connectivity index (χ0) is 15.8. The van der Waals surface area contributed by atoms with E-state index in [1.807, 2.05) is 55.5 Å². The number of aryl methyl sites for hydroxylation is 1. The molecule has 0 spiro atoms. The molecule has 4 nitrogen and oxygen atoms in total. The number of fused-ring (bicyclic) bond motifs is 1. The second-order valence-corrected chi connectivity index (χ2v) is 5.46. The highest BCUT2D eigenvalue weighted by atomic mass is 16.5. The fourth-order valence-electron chi connectivity index (χ4n) is 2.85. The number of ether oxygens (including phenoxy) is 1. The summed E-state index contributed by atoms with van der Waals surface area (Å²) in [6.07, 6.45) is 0. The monoisotopic (exact) mass is 304 g/mol. The molecule has 0 unspecified atom stereocenters. The average Bonchev–Trinajstić information content (AvgIpc) is 3.17. The van der Waals surface area contributed by atoms with Crippen molar-refractivity contribution in [3.8, 4) is 28.3 Å². The molecule has 1 N–H and O–H groups in total. The highest BCUT2D eigenvalue weighted by Gasteiger charge is 2.18. The first-order valence-corrected chi connectivity index (χ1v) is 7.45. The third-order valence-corrected chi connectivity index (χ3v) is 4.01. The first kappa shape index (κ1) is 13.6. The van der Waals surface area contributed by atoms with Gasteiger partial charge in [-0.15, -0.1) is 0 Å². The molecule has 0 saturated heterocycles. The molecule has 23 heavy (non-hydrogen) atoms. The van der Waals surface area contributed by atoms with Gasteiger partial charge in [0.25, 0.3) is 0 Å². The third kappa shape index (κ3) is 2.28. The molecule has 0 bridgehead atoms. The van der Waals surface area contributed by atoms with Gasteiger partial charge in [0.05, 0.1) is 18.4 Å². The van der Waals surface area contributed by atoms with Crippen molar-refractivity contribution in [2.24, 2.45) is 0 Å².